The van der Waals surface area contributed by atoms with Crippen molar-refractivity contribution in [2.24, 2.45) is 0 Å². The van der Waals surface area contributed by atoms with Gasteiger partial charge in [0.1, 0.15) is 10.9 Å². The fraction of sp³-hybridized carbons (Fsp3) is 0.158. The number of ether oxygens (including phenoxy) is 1. The van der Waals surface area contributed by atoms with Gasteiger partial charge in [-0.15, -0.1) is 0 Å². The average Bonchev–Trinajstić information content (AvgIpc) is 2.61. The van der Waals surface area contributed by atoms with E-state index in [1.807, 2.05) is 48.5 Å². The Labute approximate surface area is 144 Å². The highest BCUT2D eigenvalue weighted by Gasteiger charge is 2.24. The first-order valence-corrected chi connectivity index (χ1v) is 8.18. The van der Waals surface area contributed by atoms with Gasteiger partial charge in [-0.1, -0.05) is 48.0 Å². The van der Waals surface area contributed by atoms with Gasteiger partial charge in [-0.2, -0.15) is 0 Å². The van der Waals surface area contributed by atoms with E-state index >= 15 is 0 Å². The Morgan fingerprint density at radius 1 is 1.17 bits per heavy atom. The predicted molar refractivity (Wildman–Crippen MR) is 93.5 cm³/mol. The van der Waals surface area contributed by atoms with Crippen molar-refractivity contribution >= 4 is 28.4 Å². The summed E-state index contributed by atoms with van der Waals surface area (Å²) in [6.07, 6.45) is 0.736. The summed E-state index contributed by atoms with van der Waals surface area (Å²) in [5.41, 5.74) is 2.25. The van der Waals surface area contributed by atoms with Gasteiger partial charge < -0.3 is 10.1 Å². The zero-order valence-corrected chi connectivity index (χ0v) is 13.6. The lowest BCUT2D eigenvalue weighted by Gasteiger charge is -2.26. The molecule has 120 valence electrons. The van der Waals surface area contributed by atoms with Crippen LogP contribution in [-0.4, -0.2) is 17.5 Å². The van der Waals surface area contributed by atoms with Crippen molar-refractivity contribution < 1.29 is 9.53 Å². The standard InChI is InChI=1S/C19H15ClN2O2/c20-18-11-14(12-5-1-3-7-15(12)21-18)19(23)22-16-9-10-24-17-8-4-2-6-13(16)17/h1-8,11,16H,9-10H2,(H,22,23)/t16-/m0/s1. The molecule has 1 aromatic heterocycles. The predicted octanol–water partition coefficient (Wildman–Crippen LogP) is 4.14. The number of para-hydroxylation sites is 2. The number of hydrogen-bond donors (Lipinski definition) is 1. The largest absolute Gasteiger partial charge is 0.493 e. The van der Waals surface area contributed by atoms with Crippen LogP contribution in [0.3, 0.4) is 0 Å². The maximum Gasteiger partial charge on any atom is 0.252 e. The third-order valence-electron chi connectivity index (χ3n) is 4.19. The second-order valence-electron chi connectivity index (χ2n) is 5.71. The lowest BCUT2D eigenvalue weighted by molar-refractivity contribution is 0.0926. The Kier molecular flexibility index (Phi) is 3.82. The van der Waals surface area contributed by atoms with Crippen LogP contribution in [0.15, 0.2) is 54.6 Å². The van der Waals surface area contributed by atoms with Gasteiger partial charge in [0.15, 0.2) is 0 Å². The zero-order valence-electron chi connectivity index (χ0n) is 12.8. The molecule has 0 fully saturated rings. The molecular formula is C19H15ClN2O2. The summed E-state index contributed by atoms with van der Waals surface area (Å²) in [6.45, 7) is 0.583. The molecule has 1 atom stereocenters. The van der Waals surface area contributed by atoms with Crippen LogP contribution in [-0.2, 0) is 0 Å². The van der Waals surface area contributed by atoms with E-state index in [2.05, 4.69) is 10.3 Å². The van der Waals surface area contributed by atoms with Crippen LogP contribution in [0, 0.1) is 0 Å². The van der Waals surface area contributed by atoms with Crippen molar-refractivity contribution in [3.05, 3.63) is 70.9 Å². The molecule has 5 heteroatoms. The van der Waals surface area contributed by atoms with E-state index < -0.39 is 0 Å². The Balaban J connectivity index is 1.69. The van der Waals surface area contributed by atoms with Crippen LogP contribution in [0.25, 0.3) is 10.9 Å². The fourth-order valence-corrected chi connectivity index (χ4v) is 3.26. The minimum Gasteiger partial charge on any atom is -0.493 e. The highest BCUT2D eigenvalue weighted by Crippen LogP contribution is 2.32. The molecule has 1 N–H and O–H groups in total. The van der Waals surface area contributed by atoms with Crippen molar-refractivity contribution in [2.75, 3.05) is 6.61 Å². The summed E-state index contributed by atoms with van der Waals surface area (Å²) in [6, 6.07) is 16.8. The van der Waals surface area contributed by atoms with Crippen molar-refractivity contribution in [2.45, 2.75) is 12.5 Å². The van der Waals surface area contributed by atoms with E-state index in [0.717, 1.165) is 23.1 Å². The molecule has 4 rings (SSSR count). The maximum atomic E-state index is 12.9. The van der Waals surface area contributed by atoms with Crippen LogP contribution in [0.1, 0.15) is 28.4 Å². The molecule has 0 bridgehead atoms. The lowest BCUT2D eigenvalue weighted by atomic mass is 9.99. The molecule has 1 aliphatic rings. The topological polar surface area (TPSA) is 51.2 Å². The Morgan fingerprint density at radius 3 is 2.88 bits per heavy atom. The van der Waals surface area contributed by atoms with E-state index in [-0.39, 0.29) is 11.9 Å². The third kappa shape index (κ3) is 2.69. The second-order valence-corrected chi connectivity index (χ2v) is 6.10. The Bertz CT molecular complexity index is 926. The van der Waals surface area contributed by atoms with E-state index in [1.54, 1.807) is 6.07 Å². The van der Waals surface area contributed by atoms with Crippen molar-refractivity contribution in [1.82, 2.24) is 10.3 Å². The molecule has 0 radical (unpaired) electrons. The summed E-state index contributed by atoms with van der Waals surface area (Å²) in [5.74, 6) is 0.670. The molecule has 0 saturated carbocycles. The third-order valence-corrected chi connectivity index (χ3v) is 4.39. The molecule has 2 heterocycles. The molecule has 3 aromatic rings. The van der Waals surface area contributed by atoms with Crippen LogP contribution >= 0.6 is 11.6 Å². The molecule has 1 amide bonds. The first-order chi connectivity index (χ1) is 11.7. The van der Waals surface area contributed by atoms with Crippen LogP contribution in [0.4, 0.5) is 0 Å². The number of rotatable bonds is 2. The number of benzene rings is 2. The summed E-state index contributed by atoms with van der Waals surface area (Å²) in [7, 11) is 0. The minimum absolute atomic E-state index is 0.0758. The first-order valence-electron chi connectivity index (χ1n) is 7.80. The fourth-order valence-electron chi connectivity index (χ4n) is 3.06. The molecule has 24 heavy (non-hydrogen) atoms. The lowest BCUT2D eigenvalue weighted by Crippen LogP contribution is -2.32. The van der Waals surface area contributed by atoms with Crippen LogP contribution < -0.4 is 10.1 Å². The van der Waals surface area contributed by atoms with E-state index in [1.165, 1.54) is 0 Å². The summed E-state index contributed by atoms with van der Waals surface area (Å²) >= 11 is 6.08. The molecule has 0 unspecified atom stereocenters. The van der Waals surface area contributed by atoms with Crippen LogP contribution in [0.2, 0.25) is 5.15 Å². The highest BCUT2D eigenvalue weighted by molar-refractivity contribution is 6.30. The van der Waals surface area contributed by atoms with Crippen molar-refractivity contribution in [3.8, 4) is 5.75 Å². The number of hydrogen-bond acceptors (Lipinski definition) is 3. The quantitative estimate of drug-likeness (QED) is 0.714. The molecule has 4 nitrogen and oxygen atoms in total. The van der Waals surface area contributed by atoms with Crippen molar-refractivity contribution in [1.29, 1.82) is 0 Å². The number of carbonyl (C=O) groups is 1. The number of halogens is 1. The second kappa shape index (κ2) is 6.13. The molecular weight excluding hydrogens is 324 g/mol. The van der Waals surface area contributed by atoms with Crippen molar-refractivity contribution in [3.63, 3.8) is 0 Å². The molecule has 0 saturated heterocycles. The maximum absolute atomic E-state index is 12.9. The summed E-state index contributed by atoms with van der Waals surface area (Å²) < 4.78 is 5.65. The number of amides is 1. The number of nitrogens with zero attached hydrogens (tertiary/aromatic N) is 1. The van der Waals surface area contributed by atoms with Crippen LogP contribution in [0.5, 0.6) is 5.75 Å². The number of carbonyl (C=O) groups excluding carboxylic acids is 1. The van der Waals surface area contributed by atoms with Gasteiger partial charge >= 0.3 is 0 Å². The average molecular weight is 339 g/mol. The van der Waals surface area contributed by atoms with E-state index in [4.69, 9.17) is 16.3 Å². The minimum atomic E-state index is -0.155. The van der Waals surface area contributed by atoms with Gasteiger partial charge in [-0.05, 0) is 18.2 Å². The zero-order chi connectivity index (χ0) is 16.5. The number of pyridine rings is 1. The van der Waals surface area contributed by atoms with Gasteiger partial charge in [0.05, 0.1) is 23.7 Å². The SMILES string of the molecule is O=C(N[C@H]1CCOc2ccccc21)c1cc(Cl)nc2ccccc12. The van der Waals surface area contributed by atoms with Gasteiger partial charge in [-0.25, -0.2) is 4.98 Å². The number of fused-ring (bicyclic) bond motifs is 2. The number of aromatic nitrogens is 1. The first kappa shape index (κ1) is 15.0. The Hall–Kier alpha value is -2.59. The molecule has 0 spiro atoms. The highest BCUT2D eigenvalue weighted by atomic mass is 35.5. The smallest absolute Gasteiger partial charge is 0.252 e. The monoisotopic (exact) mass is 338 g/mol. The van der Waals surface area contributed by atoms with Gasteiger partial charge in [0, 0.05) is 17.4 Å². The van der Waals surface area contributed by atoms with E-state index in [0.29, 0.717) is 22.8 Å². The number of nitrogens with one attached hydrogen (secondary N) is 1. The normalized spacial score (nSPS) is 16.3. The summed E-state index contributed by atoms with van der Waals surface area (Å²) in [5, 5.41) is 4.21. The Morgan fingerprint density at radius 2 is 1.96 bits per heavy atom. The molecule has 2 aromatic carbocycles. The molecule has 1 aliphatic heterocycles. The molecule has 0 aliphatic carbocycles. The van der Waals surface area contributed by atoms with Gasteiger partial charge in [-0.3, -0.25) is 4.79 Å². The van der Waals surface area contributed by atoms with E-state index in [9.17, 15) is 4.79 Å². The van der Waals surface area contributed by atoms with Gasteiger partial charge in [0.2, 0.25) is 0 Å². The summed E-state index contributed by atoms with van der Waals surface area (Å²) in [4.78, 5) is 17.1. The van der Waals surface area contributed by atoms with Gasteiger partial charge in [0.25, 0.3) is 5.91 Å².